The predicted octanol–water partition coefficient (Wildman–Crippen LogP) is 2.62. The van der Waals surface area contributed by atoms with Gasteiger partial charge in [0.2, 0.25) is 0 Å². The number of nitrogens with one attached hydrogen (secondary N) is 2. The zero-order valence-corrected chi connectivity index (χ0v) is 9.86. The van der Waals surface area contributed by atoms with Gasteiger partial charge in [0.05, 0.1) is 0 Å². The van der Waals surface area contributed by atoms with E-state index in [0.717, 1.165) is 12.8 Å². The molecule has 9 heteroatoms. The zero-order chi connectivity index (χ0) is 12.9. The predicted molar refractivity (Wildman–Crippen MR) is 57.7 cm³/mol. The van der Waals surface area contributed by atoms with Gasteiger partial charge < -0.3 is 5.32 Å². The lowest BCUT2D eigenvalue weighted by Gasteiger charge is -2.02. The number of aromatic nitrogens is 2. The SMILES string of the molecule is CCCCNC(=O)Nc1nnc[s+]1C(F)(F)F. The number of hydrogen-bond acceptors (Lipinski definition) is 3. The minimum atomic E-state index is -4.46. The van der Waals surface area contributed by atoms with Crippen LogP contribution in [-0.2, 0) is 5.51 Å². The van der Waals surface area contributed by atoms with Crippen LogP contribution in [0.2, 0.25) is 0 Å². The Morgan fingerprint density at radius 3 is 2.82 bits per heavy atom. The Labute approximate surface area is 98.4 Å². The van der Waals surface area contributed by atoms with Gasteiger partial charge in [0.25, 0.3) is 5.51 Å². The Balaban J connectivity index is 2.57. The van der Waals surface area contributed by atoms with Crippen molar-refractivity contribution < 1.29 is 18.0 Å². The van der Waals surface area contributed by atoms with Crippen LogP contribution in [0, 0.1) is 0 Å². The molecule has 96 valence electrons. The Bertz CT molecular complexity index is 379. The van der Waals surface area contributed by atoms with Crippen LogP contribution in [0.4, 0.5) is 23.1 Å². The van der Waals surface area contributed by atoms with Crippen molar-refractivity contribution in [2.24, 2.45) is 0 Å². The third-order valence-corrected chi connectivity index (χ3v) is 3.20. The Hall–Kier alpha value is -1.38. The monoisotopic (exact) mass is 269 g/mol. The second kappa shape index (κ2) is 5.80. The van der Waals surface area contributed by atoms with Gasteiger partial charge in [-0.15, -0.1) is 13.2 Å². The number of hydrogen-bond donors (Lipinski definition) is 2. The number of amides is 2. The normalized spacial score (nSPS) is 12.4. The van der Waals surface area contributed by atoms with Crippen LogP contribution in [0.1, 0.15) is 19.8 Å². The highest BCUT2D eigenvalue weighted by Crippen LogP contribution is 2.45. The maximum absolute atomic E-state index is 12.4. The first-order valence-electron chi connectivity index (χ1n) is 4.91. The molecule has 5 nitrogen and oxygen atoms in total. The topological polar surface area (TPSA) is 66.9 Å². The average molecular weight is 269 g/mol. The van der Waals surface area contributed by atoms with Crippen LogP contribution >= 0.6 is 10.5 Å². The van der Waals surface area contributed by atoms with Crippen molar-refractivity contribution in [2.45, 2.75) is 25.3 Å². The van der Waals surface area contributed by atoms with Crippen molar-refractivity contribution in [1.82, 2.24) is 15.5 Å². The van der Waals surface area contributed by atoms with E-state index in [1.165, 1.54) is 0 Å². The maximum atomic E-state index is 12.4. The molecule has 1 aromatic rings. The largest absolute Gasteiger partial charge is 0.605 e. The van der Waals surface area contributed by atoms with Crippen molar-refractivity contribution in [3.8, 4) is 0 Å². The van der Waals surface area contributed by atoms with Gasteiger partial charge in [-0.05, 0) is 6.42 Å². The lowest BCUT2D eigenvalue weighted by atomic mass is 10.3. The van der Waals surface area contributed by atoms with Gasteiger partial charge in [-0.2, -0.15) is 0 Å². The van der Waals surface area contributed by atoms with Crippen LogP contribution < -0.4 is 10.6 Å². The molecule has 0 fully saturated rings. The van der Waals surface area contributed by atoms with Gasteiger partial charge in [0.15, 0.2) is 10.5 Å². The summed E-state index contributed by atoms with van der Waals surface area (Å²) in [6, 6.07) is -0.690. The molecule has 2 N–H and O–H groups in total. The molecule has 0 bridgehead atoms. The summed E-state index contributed by atoms with van der Waals surface area (Å²) in [5.74, 6) is 0. The first kappa shape index (κ1) is 13.7. The van der Waals surface area contributed by atoms with Crippen LogP contribution in [0.15, 0.2) is 5.51 Å². The third kappa shape index (κ3) is 4.17. The van der Waals surface area contributed by atoms with Gasteiger partial charge in [-0.3, -0.25) is 0 Å². The standard InChI is InChI=1S/C8H11F3N4OS/c1-2-3-4-12-6(16)14-7-15-13-5-17(7)8(9,10)11/h5H,2-4H2,1H3,(H-,12,14,15,16)/p+1. The number of anilines is 1. The van der Waals surface area contributed by atoms with Crippen molar-refractivity contribution in [2.75, 3.05) is 11.9 Å². The summed E-state index contributed by atoms with van der Waals surface area (Å²) in [5, 5.41) is 10.5. The molecule has 1 rings (SSSR count). The first-order valence-corrected chi connectivity index (χ1v) is 6.20. The molecule has 1 heterocycles. The van der Waals surface area contributed by atoms with E-state index in [1.54, 1.807) is 0 Å². The molecule has 1 aromatic heterocycles. The summed E-state index contributed by atoms with van der Waals surface area (Å²) in [6.07, 6.45) is 1.65. The fraction of sp³-hybridized carbons (Fsp3) is 0.625. The smallest absolute Gasteiger partial charge is 0.338 e. The van der Waals surface area contributed by atoms with Crippen LogP contribution in [-0.4, -0.2) is 22.8 Å². The summed E-state index contributed by atoms with van der Waals surface area (Å²) in [7, 11) is -2.22. The van der Waals surface area contributed by atoms with E-state index in [2.05, 4.69) is 20.8 Å². The highest BCUT2D eigenvalue weighted by atomic mass is 32.2. The summed E-state index contributed by atoms with van der Waals surface area (Å²) < 4.78 is 37.3. The third-order valence-electron chi connectivity index (χ3n) is 1.80. The van der Waals surface area contributed by atoms with Crippen LogP contribution in [0.25, 0.3) is 0 Å². The summed E-state index contributed by atoms with van der Waals surface area (Å²) >= 11 is 0. The number of halogens is 3. The molecule has 0 radical (unpaired) electrons. The van der Waals surface area contributed by atoms with Gasteiger partial charge in [0, 0.05) is 6.54 Å². The molecule has 0 aliphatic heterocycles. The second-order valence-corrected chi connectivity index (χ2v) is 4.88. The summed E-state index contributed by atoms with van der Waals surface area (Å²) in [6.45, 7) is 2.35. The lowest BCUT2D eigenvalue weighted by Crippen LogP contribution is -2.29. The molecule has 0 spiro atoms. The number of carbonyl (C=O) groups is 1. The van der Waals surface area contributed by atoms with E-state index >= 15 is 0 Å². The minimum absolute atomic E-state index is 0.413. The Morgan fingerprint density at radius 2 is 2.24 bits per heavy atom. The highest BCUT2D eigenvalue weighted by molar-refractivity contribution is 7.33. The second-order valence-electron chi connectivity index (χ2n) is 3.14. The number of carbonyl (C=O) groups excluding carboxylic acids is 1. The molecule has 0 aromatic carbocycles. The zero-order valence-electron chi connectivity index (χ0n) is 9.04. The number of unbranched alkanes of at least 4 members (excludes halogenated alkanes) is 1. The molecule has 0 aliphatic rings. The molecule has 2 amide bonds. The van der Waals surface area contributed by atoms with Crippen LogP contribution in [0.5, 0.6) is 0 Å². The van der Waals surface area contributed by atoms with Gasteiger partial charge in [0.1, 0.15) is 0 Å². The van der Waals surface area contributed by atoms with Gasteiger partial charge in [-0.25, -0.2) is 10.1 Å². The quantitative estimate of drug-likeness (QED) is 0.652. The molecule has 0 saturated heterocycles. The number of urea groups is 1. The van der Waals surface area contributed by atoms with Gasteiger partial charge in [-0.1, -0.05) is 23.5 Å². The summed E-state index contributed by atoms with van der Waals surface area (Å²) in [4.78, 5) is 11.2. The first-order chi connectivity index (χ1) is 7.95. The Kier molecular flexibility index (Phi) is 4.67. The number of alkyl halides is 3. The Morgan fingerprint density at radius 1 is 1.53 bits per heavy atom. The average Bonchev–Trinajstić information content (AvgIpc) is 2.65. The fourth-order valence-corrected chi connectivity index (χ4v) is 1.90. The van der Waals surface area contributed by atoms with E-state index in [-0.39, 0.29) is 0 Å². The number of nitrogens with zero attached hydrogens (tertiary/aromatic N) is 2. The van der Waals surface area contributed by atoms with Crippen molar-refractivity contribution >= 4 is 21.6 Å². The molecule has 0 aliphatic carbocycles. The van der Waals surface area contributed by atoms with E-state index in [4.69, 9.17) is 0 Å². The summed E-state index contributed by atoms with van der Waals surface area (Å²) in [5.41, 5.74) is -3.78. The molecular weight excluding hydrogens is 257 g/mol. The minimum Gasteiger partial charge on any atom is -0.338 e. The maximum Gasteiger partial charge on any atom is 0.605 e. The van der Waals surface area contributed by atoms with E-state index < -0.39 is 27.1 Å². The van der Waals surface area contributed by atoms with Crippen molar-refractivity contribution in [3.05, 3.63) is 5.51 Å². The van der Waals surface area contributed by atoms with E-state index in [1.807, 2.05) is 6.92 Å². The molecular formula is C8H12F3N4OS+. The molecule has 1 atom stereocenters. The number of rotatable bonds is 4. The van der Waals surface area contributed by atoms with Crippen LogP contribution in [0.3, 0.4) is 0 Å². The van der Waals surface area contributed by atoms with E-state index in [0.29, 0.717) is 12.1 Å². The lowest BCUT2D eigenvalue weighted by molar-refractivity contribution is -0.0868. The van der Waals surface area contributed by atoms with Gasteiger partial charge >= 0.3 is 16.7 Å². The fourth-order valence-electron chi connectivity index (χ4n) is 0.986. The molecule has 17 heavy (non-hydrogen) atoms. The van der Waals surface area contributed by atoms with E-state index in [9.17, 15) is 18.0 Å². The molecule has 0 saturated carbocycles. The highest BCUT2D eigenvalue weighted by Gasteiger charge is 2.48. The molecule has 1 unspecified atom stereocenters. The van der Waals surface area contributed by atoms with Crippen molar-refractivity contribution in [1.29, 1.82) is 0 Å². The van der Waals surface area contributed by atoms with Crippen molar-refractivity contribution in [3.63, 3.8) is 0 Å².